The molecule has 0 spiro atoms. The highest BCUT2D eigenvalue weighted by Gasteiger charge is 2.38. The van der Waals surface area contributed by atoms with Gasteiger partial charge in [0.2, 0.25) is 0 Å². The summed E-state index contributed by atoms with van der Waals surface area (Å²) < 4.78 is 3.05. The Morgan fingerprint density at radius 3 is 2.17 bits per heavy atom. The molecule has 0 saturated carbocycles. The zero-order valence-corrected chi connectivity index (χ0v) is 22.4. The predicted octanol–water partition coefficient (Wildman–Crippen LogP) is 8.09. The molecule has 4 aromatic rings. The predicted molar refractivity (Wildman–Crippen MR) is 145 cm³/mol. The van der Waals surface area contributed by atoms with Crippen molar-refractivity contribution in [2.24, 2.45) is 0 Å². The maximum Gasteiger partial charge on any atom is 0.142 e. The van der Waals surface area contributed by atoms with Crippen LogP contribution < -0.4 is 0 Å². The van der Waals surface area contributed by atoms with Gasteiger partial charge in [-0.25, -0.2) is 0 Å². The fourth-order valence-electron chi connectivity index (χ4n) is 3.42. The van der Waals surface area contributed by atoms with E-state index in [1.807, 2.05) is 72.8 Å². The first-order valence-corrected chi connectivity index (χ1v) is 13.0. The van der Waals surface area contributed by atoms with Gasteiger partial charge in [-0.05, 0) is 103 Å². The molecule has 0 radical (unpaired) electrons. The van der Waals surface area contributed by atoms with Gasteiger partial charge in [0, 0.05) is 32.5 Å². The lowest BCUT2D eigenvalue weighted by molar-refractivity contribution is 0.122. The van der Waals surface area contributed by atoms with Crippen LogP contribution in [0.2, 0.25) is 0 Å². The number of aliphatic hydroxyl groups is 1. The van der Waals surface area contributed by atoms with Crippen molar-refractivity contribution in [1.29, 1.82) is 0 Å². The van der Waals surface area contributed by atoms with Gasteiger partial charge >= 0.3 is 0 Å². The molecule has 0 heterocycles. The summed E-state index contributed by atoms with van der Waals surface area (Å²) in [7, 11) is 0. The molecule has 4 aromatic carbocycles. The van der Waals surface area contributed by atoms with Gasteiger partial charge in [-0.3, -0.25) is 0 Å². The average molecular weight is 699 g/mol. The van der Waals surface area contributed by atoms with Gasteiger partial charge in [0.1, 0.15) is 5.60 Å². The summed E-state index contributed by atoms with van der Waals surface area (Å²) in [6, 6.07) is 32.5. The van der Waals surface area contributed by atoms with Crippen LogP contribution >= 0.6 is 72.9 Å². The van der Waals surface area contributed by atoms with E-state index < -0.39 is 5.60 Å². The van der Waals surface area contributed by atoms with E-state index in [0.29, 0.717) is 0 Å². The summed E-state index contributed by atoms with van der Waals surface area (Å²) in [4.78, 5) is 2.16. The summed E-state index contributed by atoms with van der Waals surface area (Å²) in [5.41, 5.74) is 1.24. The molecule has 1 unspecified atom stereocenters. The lowest BCUT2D eigenvalue weighted by Crippen LogP contribution is -2.30. The van der Waals surface area contributed by atoms with E-state index in [1.54, 1.807) is 11.8 Å². The van der Waals surface area contributed by atoms with E-state index in [2.05, 4.69) is 85.4 Å². The molecular formula is C25H17BrI2OS. The van der Waals surface area contributed by atoms with E-state index in [9.17, 15) is 5.11 Å². The normalized spacial score (nSPS) is 13.1. The van der Waals surface area contributed by atoms with Crippen LogP contribution in [0, 0.1) is 7.14 Å². The first-order chi connectivity index (χ1) is 14.5. The van der Waals surface area contributed by atoms with Crippen LogP contribution in [0.1, 0.15) is 16.7 Å². The van der Waals surface area contributed by atoms with E-state index in [-0.39, 0.29) is 0 Å². The topological polar surface area (TPSA) is 20.2 Å². The zero-order chi connectivity index (χ0) is 21.1. The minimum atomic E-state index is -1.31. The quantitative estimate of drug-likeness (QED) is 0.168. The Morgan fingerprint density at radius 1 is 0.733 bits per heavy atom. The van der Waals surface area contributed by atoms with Crippen LogP contribution in [0.4, 0.5) is 0 Å². The second kappa shape index (κ2) is 9.73. The first-order valence-electron chi connectivity index (χ1n) is 9.25. The zero-order valence-electron chi connectivity index (χ0n) is 15.7. The SMILES string of the molecule is OC(c1cccc(I)c1)(c1ccccc1Sc1ccccc1)c1cccc(I)c1Br. The Bertz CT molecular complexity index is 1180. The van der Waals surface area contributed by atoms with Gasteiger partial charge < -0.3 is 5.11 Å². The fraction of sp³-hybridized carbons (Fsp3) is 0.0400. The van der Waals surface area contributed by atoms with Crippen molar-refractivity contribution in [2.75, 3.05) is 0 Å². The molecule has 0 saturated heterocycles. The molecule has 30 heavy (non-hydrogen) atoms. The molecule has 150 valence electrons. The molecule has 0 aliphatic rings. The lowest BCUT2D eigenvalue weighted by atomic mass is 9.80. The number of hydrogen-bond donors (Lipinski definition) is 1. The molecule has 4 rings (SSSR count). The van der Waals surface area contributed by atoms with Crippen LogP contribution in [-0.4, -0.2) is 5.11 Å². The highest BCUT2D eigenvalue weighted by molar-refractivity contribution is 14.1. The Kier molecular flexibility index (Phi) is 7.24. The molecule has 0 aliphatic carbocycles. The maximum atomic E-state index is 12.5. The van der Waals surface area contributed by atoms with Crippen molar-refractivity contribution >= 4 is 72.9 Å². The molecule has 0 fully saturated rings. The number of halogens is 3. The van der Waals surface area contributed by atoms with Gasteiger partial charge in [-0.15, -0.1) is 0 Å². The summed E-state index contributed by atoms with van der Waals surface area (Å²) in [5.74, 6) is 0. The van der Waals surface area contributed by atoms with Gasteiger partial charge in [-0.2, -0.15) is 0 Å². The number of rotatable bonds is 5. The summed E-state index contributed by atoms with van der Waals surface area (Å²) in [6.45, 7) is 0. The molecule has 1 N–H and O–H groups in total. The van der Waals surface area contributed by atoms with Crippen molar-refractivity contribution in [3.05, 3.63) is 125 Å². The molecular weight excluding hydrogens is 682 g/mol. The molecule has 1 atom stereocenters. The average Bonchev–Trinajstić information content (AvgIpc) is 2.76. The Balaban J connectivity index is 1.97. The highest BCUT2D eigenvalue weighted by atomic mass is 127. The largest absolute Gasteiger partial charge is 0.376 e. The second-order valence-corrected chi connectivity index (χ2v) is 11.0. The van der Waals surface area contributed by atoms with Crippen LogP contribution in [0.5, 0.6) is 0 Å². The van der Waals surface area contributed by atoms with Crippen molar-refractivity contribution in [2.45, 2.75) is 15.4 Å². The van der Waals surface area contributed by atoms with Gasteiger partial charge in [0.05, 0.1) is 0 Å². The third kappa shape index (κ3) is 4.50. The molecule has 5 heteroatoms. The molecule has 1 nitrogen and oxygen atoms in total. The van der Waals surface area contributed by atoms with E-state index in [4.69, 9.17) is 0 Å². The number of benzene rings is 4. The first kappa shape index (κ1) is 22.3. The van der Waals surface area contributed by atoms with Gasteiger partial charge in [0.15, 0.2) is 0 Å². The van der Waals surface area contributed by atoms with E-state index in [1.165, 1.54) is 0 Å². The summed E-state index contributed by atoms with van der Waals surface area (Å²) in [6.07, 6.45) is 0. The van der Waals surface area contributed by atoms with Crippen LogP contribution in [-0.2, 0) is 5.60 Å². The van der Waals surface area contributed by atoms with Gasteiger partial charge in [0.25, 0.3) is 0 Å². The Hall–Kier alpha value is -0.870. The second-order valence-electron chi connectivity index (χ2n) is 6.73. The standard InChI is InChI=1S/C25H17BrI2OS/c26-24-21(13-7-14-22(24)28)25(29,17-8-6-9-18(27)16-17)20-12-4-5-15-23(20)30-19-10-2-1-3-11-19/h1-16,29H. The number of hydrogen-bond acceptors (Lipinski definition) is 2. The van der Waals surface area contributed by atoms with Crippen LogP contribution in [0.15, 0.2) is 111 Å². The smallest absolute Gasteiger partial charge is 0.142 e. The molecule has 0 aliphatic heterocycles. The van der Waals surface area contributed by atoms with Crippen LogP contribution in [0.3, 0.4) is 0 Å². The third-order valence-corrected chi connectivity index (χ3v) is 9.08. The summed E-state index contributed by atoms with van der Waals surface area (Å²) in [5, 5.41) is 12.5. The highest BCUT2D eigenvalue weighted by Crippen LogP contribution is 2.46. The Morgan fingerprint density at radius 2 is 1.40 bits per heavy atom. The van der Waals surface area contributed by atoms with Crippen LogP contribution in [0.25, 0.3) is 0 Å². The maximum absolute atomic E-state index is 12.5. The van der Waals surface area contributed by atoms with Crippen molar-refractivity contribution in [3.8, 4) is 0 Å². The van der Waals surface area contributed by atoms with Crippen molar-refractivity contribution in [3.63, 3.8) is 0 Å². The van der Waals surface area contributed by atoms with Gasteiger partial charge in [-0.1, -0.05) is 72.4 Å². The van der Waals surface area contributed by atoms with E-state index >= 15 is 0 Å². The molecule has 0 bridgehead atoms. The minimum Gasteiger partial charge on any atom is -0.376 e. The van der Waals surface area contributed by atoms with Crippen molar-refractivity contribution < 1.29 is 5.11 Å². The monoisotopic (exact) mass is 698 g/mol. The fourth-order valence-corrected chi connectivity index (χ4v) is 6.03. The van der Waals surface area contributed by atoms with Crippen molar-refractivity contribution in [1.82, 2.24) is 0 Å². The Labute approximate surface area is 216 Å². The minimum absolute atomic E-state index is 0.831. The molecule has 0 aromatic heterocycles. The lowest BCUT2D eigenvalue weighted by Gasteiger charge is -2.33. The van der Waals surface area contributed by atoms with E-state index in [0.717, 1.165) is 38.1 Å². The third-order valence-electron chi connectivity index (χ3n) is 4.83. The summed E-state index contributed by atoms with van der Waals surface area (Å²) >= 11 is 10.0. The molecule has 0 amide bonds.